The third-order valence-corrected chi connectivity index (χ3v) is 3.00. The van der Waals surface area contributed by atoms with Crippen LogP contribution in [0.4, 0.5) is 0 Å². The number of rotatable bonds is 8. The first-order valence-corrected chi connectivity index (χ1v) is 6.80. The summed E-state index contributed by atoms with van der Waals surface area (Å²) in [7, 11) is 0. The standard InChI is InChI=1S/C13H26N2O2/c1-11(2)17-9-5-8-14-13(16)10-15-12-6-3-4-7-12/h11-12,15H,3-10H2,1-2H3,(H,14,16). The van der Waals surface area contributed by atoms with Crippen LogP contribution in [0.2, 0.25) is 0 Å². The molecule has 0 unspecified atom stereocenters. The zero-order chi connectivity index (χ0) is 12.5. The number of ether oxygens (including phenoxy) is 1. The van der Waals surface area contributed by atoms with Crippen molar-refractivity contribution >= 4 is 5.91 Å². The second kappa shape index (κ2) is 8.48. The maximum absolute atomic E-state index is 11.5. The minimum Gasteiger partial charge on any atom is -0.379 e. The van der Waals surface area contributed by atoms with Crippen molar-refractivity contribution in [2.75, 3.05) is 19.7 Å². The fourth-order valence-electron chi connectivity index (χ4n) is 2.05. The highest BCUT2D eigenvalue weighted by atomic mass is 16.5. The van der Waals surface area contributed by atoms with Crippen molar-refractivity contribution in [2.45, 2.75) is 58.1 Å². The van der Waals surface area contributed by atoms with Crippen LogP contribution in [-0.4, -0.2) is 37.7 Å². The molecule has 0 atom stereocenters. The van der Waals surface area contributed by atoms with Crippen molar-refractivity contribution in [3.63, 3.8) is 0 Å². The molecule has 1 aliphatic carbocycles. The summed E-state index contributed by atoms with van der Waals surface area (Å²) in [6.45, 7) is 5.91. The van der Waals surface area contributed by atoms with Crippen LogP contribution >= 0.6 is 0 Å². The lowest BCUT2D eigenvalue weighted by atomic mass is 10.2. The molecule has 2 N–H and O–H groups in total. The van der Waals surface area contributed by atoms with Gasteiger partial charge in [0.05, 0.1) is 12.6 Å². The van der Waals surface area contributed by atoms with Gasteiger partial charge in [-0.15, -0.1) is 0 Å². The van der Waals surface area contributed by atoms with Crippen molar-refractivity contribution in [1.29, 1.82) is 0 Å². The van der Waals surface area contributed by atoms with E-state index >= 15 is 0 Å². The van der Waals surface area contributed by atoms with Crippen molar-refractivity contribution in [3.8, 4) is 0 Å². The molecule has 0 bridgehead atoms. The first kappa shape index (κ1) is 14.5. The molecule has 4 heteroatoms. The Kier molecular flexibility index (Phi) is 7.21. The molecule has 1 saturated carbocycles. The van der Waals surface area contributed by atoms with Gasteiger partial charge in [-0.1, -0.05) is 12.8 Å². The quantitative estimate of drug-likeness (QED) is 0.633. The maximum Gasteiger partial charge on any atom is 0.233 e. The van der Waals surface area contributed by atoms with Crippen LogP contribution in [0, 0.1) is 0 Å². The van der Waals surface area contributed by atoms with E-state index in [-0.39, 0.29) is 12.0 Å². The highest BCUT2D eigenvalue weighted by Gasteiger charge is 2.14. The number of hydrogen-bond donors (Lipinski definition) is 2. The average Bonchev–Trinajstić information content (AvgIpc) is 2.78. The van der Waals surface area contributed by atoms with Gasteiger partial charge in [0.2, 0.25) is 5.91 Å². The van der Waals surface area contributed by atoms with Crippen LogP contribution in [0.15, 0.2) is 0 Å². The molecule has 17 heavy (non-hydrogen) atoms. The van der Waals surface area contributed by atoms with Gasteiger partial charge < -0.3 is 15.4 Å². The van der Waals surface area contributed by atoms with Crippen molar-refractivity contribution in [3.05, 3.63) is 0 Å². The molecule has 0 aromatic rings. The Hall–Kier alpha value is -0.610. The van der Waals surface area contributed by atoms with E-state index in [4.69, 9.17) is 4.74 Å². The summed E-state index contributed by atoms with van der Waals surface area (Å²) in [6, 6.07) is 0.560. The Morgan fingerprint density at radius 1 is 1.35 bits per heavy atom. The molecule has 0 aromatic heterocycles. The molecule has 0 aromatic carbocycles. The number of carbonyl (C=O) groups excluding carboxylic acids is 1. The first-order valence-electron chi connectivity index (χ1n) is 6.80. The molecule has 0 aliphatic heterocycles. The fraction of sp³-hybridized carbons (Fsp3) is 0.923. The van der Waals surface area contributed by atoms with E-state index < -0.39 is 0 Å². The summed E-state index contributed by atoms with van der Waals surface area (Å²) in [5, 5.41) is 6.20. The van der Waals surface area contributed by atoms with Gasteiger partial charge in [-0.25, -0.2) is 0 Å². The lowest BCUT2D eigenvalue weighted by Gasteiger charge is -2.12. The summed E-state index contributed by atoms with van der Waals surface area (Å²) in [5.74, 6) is 0.0986. The number of nitrogens with one attached hydrogen (secondary N) is 2. The number of amides is 1. The molecule has 1 rings (SSSR count). The van der Waals surface area contributed by atoms with Gasteiger partial charge in [0.25, 0.3) is 0 Å². The third-order valence-electron chi connectivity index (χ3n) is 3.00. The van der Waals surface area contributed by atoms with Crippen molar-refractivity contribution in [2.24, 2.45) is 0 Å². The Balaban J connectivity index is 1.90. The molecular formula is C13H26N2O2. The van der Waals surface area contributed by atoms with E-state index in [0.29, 0.717) is 25.7 Å². The van der Waals surface area contributed by atoms with Crippen LogP contribution in [0.5, 0.6) is 0 Å². The summed E-state index contributed by atoms with van der Waals surface area (Å²) in [5.41, 5.74) is 0. The zero-order valence-electron chi connectivity index (χ0n) is 11.1. The van der Waals surface area contributed by atoms with Gasteiger partial charge in [0.15, 0.2) is 0 Å². The normalized spacial score (nSPS) is 16.6. The first-order chi connectivity index (χ1) is 8.18. The minimum absolute atomic E-state index is 0.0986. The Morgan fingerprint density at radius 2 is 2.06 bits per heavy atom. The number of carbonyl (C=O) groups is 1. The minimum atomic E-state index is 0.0986. The van der Waals surface area contributed by atoms with Crippen molar-refractivity contribution in [1.82, 2.24) is 10.6 Å². The highest BCUT2D eigenvalue weighted by molar-refractivity contribution is 5.77. The van der Waals surface area contributed by atoms with Gasteiger partial charge in [-0.05, 0) is 33.1 Å². The Labute approximate surface area is 104 Å². The second-order valence-corrected chi connectivity index (χ2v) is 4.99. The van der Waals surface area contributed by atoms with Crippen LogP contribution < -0.4 is 10.6 Å². The van der Waals surface area contributed by atoms with Crippen molar-refractivity contribution < 1.29 is 9.53 Å². The third kappa shape index (κ3) is 7.34. The summed E-state index contributed by atoms with van der Waals surface area (Å²) < 4.78 is 5.40. The van der Waals surface area contributed by atoms with Gasteiger partial charge in [-0.3, -0.25) is 4.79 Å². The van der Waals surface area contributed by atoms with E-state index in [2.05, 4.69) is 10.6 Å². The highest BCUT2D eigenvalue weighted by Crippen LogP contribution is 2.17. The summed E-state index contributed by atoms with van der Waals surface area (Å²) >= 11 is 0. The summed E-state index contributed by atoms with van der Waals surface area (Å²) in [4.78, 5) is 11.5. The van der Waals surface area contributed by atoms with Crippen LogP contribution in [0.1, 0.15) is 46.0 Å². The molecule has 0 radical (unpaired) electrons. The number of hydrogen-bond acceptors (Lipinski definition) is 3. The molecule has 0 heterocycles. The topological polar surface area (TPSA) is 50.4 Å². The molecule has 100 valence electrons. The van der Waals surface area contributed by atoms with Gasteiger partial charge >= 0.3 is 0 Å². The fourth-order valence-corrected chi connectivity index (χ4v) is 2.05. The smallest absolute Gasteiger partial charge is 0.233 e. The molecule has 0 saturated heterocycles. The van der Waals surface area contributed by atoms with Crippen LogP contribution in [0.25, 0.3) is 0 Å². The Bertz CT molecular complexity index is 213. The molecule has 1 fully saturated rings. The molecule has 1 amide bonds. The average molecular weight is 242 g/mol. The van der Waals surface area contributed by atoms with E-state index in [1.54, 1.807) is 0 Å². The molecular weight excluding hydrogens is 216 g/mol. The lowest BCUT2D eigenvalue weighted by molar-refractivity contribution is -0.120. The Morgan fingerprint density at radius 3 is 2.71 bits per heavy atom. The summed E-state index contributed by atoms with van der Waals surface area (Å²) in [6.07, 6.45) is 6.19. The van der Waals surface area contributed by atoms with Crippen LogP contribution in [0.3, 0.4) is 0 Å². The molecule has 1 aliphatic rings. The predicted molar refractivity (Wildman–Crippen MR) is 69.0 cm³/mol. The molecule has 4 nitrogen and oxygen atoms in total. The predicted octanol–water partition coefficient (Wildman–Crippen LogP) is 1.45. The van der Waals surface area contributed by atoms with Crippen LogP contribution in [-0.2, 0) is 9.53 Å². The SMILES string of the molecule is CC(C)OCCCNC(=O)CNC1CCCC1. The monoisotopic (exact) mass is 242 g/mol. The van der Waals surface area contributed by atoms with E-state index in [1.807, 2.05) is 13.8 Å². The largest absolute Gasteiger partial charge is 0.379 e. The maximum atomic E-state index is 11.5. The van der Waals surface area contributed by atoms with E-state index in [1.165, 1.54) is 25.7 Å². The molecule has 0 spiro atoms. The second-order valence-electron chi connectivity index (χ2n) is 4.99. The zero-order valence-corrected chi connectivity index (χ0v) is 11.1. The van der Waals surface area contributed by atoms with Gasteiger partial charge in [0.1, 0.15) is 0 Å². The van der Waals surface area contributed by atoms with Gasteiger partial charge in [-0.2, -0.15) is 0 Å². The lowest BCUT2D eigenvalue weighted by Crippen LogP contribution is -2.38. The van der Waals surface area contributed by atoms with E-state index in [9.17, 15) is 4.79 Å². The van der Waals surface area contributed by atoms with E-state index in [0.717, 1.165) is 6.42 Å². The van der Waals surface area contributed by atoms with Gasteiger partial charge in [0, 0.05) is 19.2 Å².